The molecule has 6 nitrogen and oxygen atoms in total. The van der Waals surface area contributed by atoms with Crippen molar-refractivity contribution in [1.29, 1.82) is 0 Å². The summed E-state index contributed by atoms with van der Waals surface area (Å²) < 4.78 is 17.4. The van der Waals surface area contributed by atoms with Gasteiger partial charge in [-0.2, -0.15) is 0 Å². The second-order valence-electron chi connectivity index (χ2n) is 10.2. The van der Waals surface area contributed by atoms with E-state index in [9.17, 15) is 9.59 Å². The summed E-state index contributed by atoms with van der Waals surface area (Å²) in [5.74, 6) is 0.171. The van der Waals surface area contributed by atoms with E-state index < -0.39 is 11.5 Å². The van der Waals surface area contributed by atoms with Crippen LogP contribution in [0, 0.1) is 6.92 Å². The van der Waals surface area contributed by atoms with Crippen LogP contribution in [-0.4, -0.2) is 31.1 Å². The number of carbonyl (C=O) groups is 2. The van der Waals surface area contributed by atoms with Crippen LogP contribution in [0.5, 0.6) is 11.5 Å². The minimum atomic E-state index is -1.16. The standard InChI is InChI=1S/C34H33NO5/c1-24-9-8-12-25(19-24)17-18-39-31-20-27(15-16-30(31)40-23-26-10-4-3-5-11-26)32(36)35-34(33(37)38-2)21-28-13-6-7-14-29(28)22-34/h3-16,19-20H,17-18,21-23H2,1-2H3,(H,35,36). The Hall–Kier alpha value is -4.58. The first-order valence-electron chi connectivity index (χ1n) is 13.4. The fourth-order valence-corrected chi connectivity index (χ4v) is 5.15. The highest BCUT2D eigenvalue weighted by Crippen LogP contribution is 2.33. The van der Waals surface area contributed by atoms with Crippen LogP contribution in [-0.2, 0) is 35.4 Å². The molecule has 6 heteroatoms. The lowest BCUT2D eigenvalue weighted by atomic mass is 9.95. The molecular weight excluding hydrogens is 502 g/mol. The van der Waals surface area contributed by atoms with Crippen molar-refractivity contribution in [1.82, 2.24) is 5.32 Å². The third kappa shape index (κ3) is 6.18. The Labute approximate surface area is 234 Å². The lowest BCUT2D eigenvalue weighted by molar-refractivity contribution is -0.147. The topological polar surface area (TPSA) is 73.9 Å². The Kier molecular flexibility index (Phi) is 8.15. The Bertz CT molecular complexity index is 1470. The molecule has 204 valence electrons. The summed E-state index contributed by atoms with van der Waals surface area (Å²) in [6, 6.07) is 31.1. The number of nitrogens with one attached hydrogen (secondary N) is 1. The van der Waals surface area contributed by atoms with E-state index in [1.165, 1.54) is 18.2 Å². The van der Waals surface area contributed by atoms with Gasteiger partial charge in [-0.3, -0.25) is 4.79 Å². The zero-order valence-electron chi connectivity index (χ0n) is 22.8. The van der Waals surface area contributed by atoms with E-state index >= 15 is 0 Å². The summed E-state index contributed by atoms with van der Waals surface area (Å²) in [5.41, 5.74) is 4.64. The third-order valence-corrected chi connectivity index (χ3v) is 7.21. The molecular formula is C34H33NO5. The van der Waals surface area contributed by atoms with Gasteiger partial charge in [0, 0.05) is 24.8 Å². The Morgan fingerprint density at radius 1 is 0.775 bits per heavy atom. The zero-order chi connectivity index (χ0) is 28.0. The quantitative estimate of drug-likeness (QED) is 0.266. The SMILES string of the molecule is COC(=O)C1(NC(=O)c2ccc(OCc3ccccc3)c(OCCc3cccc(C)c3)c2)Cc2ccccc2C1. The fourth-order valence-electron chi connectivity index (χ4n) is 5.15. The number of hydrogen-bond donors (Lipinski definition) is 1. The first-order chi connectivity index (χ1) is 19.5. The fraction of sp³-hybridized carbons (Fsp3) is 0.235. The van der Waals surface area contributed by atoms with E-state index in [-0.39, 0.29) is 5.91 Å². The molecule has 4 aromatic carbocycles. The van der Waals surface area contributed by atoms with Crippen LogP contribution in [0.1, 0.15) is 38.2 Å². The van der Waals surface area contributed by atoms with Gasteiger partial charge in [-0.1, -0.05) is 84.4 Å². The third-order valence-electron chi connectivity index (χ3n) is 7.21. The highest BCUT2D eigenvalue weighted by Gasteiger charge is 2.46. The van der Waals surface area contributed by atoms with Crippen molar-refractivity contribution < 1.29 is 23.8 Å². The Morgan fingerprint density at radius 3 is 2.17 bits per heavy atom. The van der Waals surface area contributed by atoms with Crippen molar-refractivity contribution in [3.05, 3.63) is 130 Å². The second kappa shape index (κ2) is 12.1. The molecule has 0 aromatic heterocycles. The smallest absolute Gasteiger partial charge is 0.332 e. The van der Waals surface area contributed by atoms with Crippen molar-refractivity contribution in [3.8, 4) is 11.5 Å². The van der Waals surface area contributed by atoms with E-state index in [1.807, 2.05) is 60.7 Å². The molecule has 0 bridgehead atoms. The molecule has 0 atom stereocenters. The van der Waals surface area contributed by atoms with Crippen molar-refractivity contribution >= 4 is 11.9 Å². The van der Waals surface area contributed by atoms with E-state index in [4.69, 9.17) is 14.2 Å². The highest BCUT2D eigenvalue weighted by molar-refractivity contribution is 5.99. The van der Waals surface area contributed by atoms with Gasteiger partial charge in [0.25, 0.3) is 5.91 Å². The molecule has 1 aliphatic carbocycles. The Morgan fingerprint density at radius 2 is 1.48 bits per heavy atom. The van der Waals surface area contributed by atoms with Gasteiger partial charge in [-0.15, -0.1) is 0 Å². The zero-order valence-corrected chi connectivity index (χ0v) is 22.8. The number of esters is 1. The summed E-state index contributed by atoms with van der Waals surface area (Å²) in [6.07, 6.45) is 1.46. The molecule has 0 aliphatic heterocycles. The van der Waals surface area contributed by atoms with Gasteiger partial charge in [0.05, 0.1) is 13.7 Å². The Balaban J connectivity index is 1.36. The molecule has 0 radical (unpaired) electrons. The molecule has 1 aliphatic rings. The average molecular weight is 536 g/mol. The van der Waals surface area contributed by atoms with Gasteiger partial charge in [0.15, 0.2) is 11.5 Å². The molecule has 40 heavy (non-hydrogen) atoms. The van der Waals surface area contributed by atoms with Crippen LogP contribution in [0.4, 0.5) is 0 Å². The van der Waals surface area contributed by atoms with Gasteiger partial charge in [0.1, 0.15) is 12.1 Å². The molecule has 0 heterocycles. The molecule has 0 saturated carbocycles. The van der Waals surface area contributed by atoms with Gasteiger partial charge in [-0.25, -0.2) is 4.79 Å². The molecule has 1 amide bonds. The van der Waals surface area contributed by atoms with E-state index in [2.05, 4.69) is 30.4 Å². The molecule has 0 unspecified atom stereocenters. The van der Waals surface area contributed by atoms with E-state index in [0.717, 1.165) is 16.7 Å². The molecule has 5 rings (SSSR count). The van der Waals surface area contributed by atoms with Crippen LogP contribution >= 0.6 is 0 Å². The lowest BCUT2D eigenvalue weighted by Crippen LogP contribution is -2.56. The molecule has 4 aromatic rings. The minimum Gasteiger partial charge on any atom is -0.489 e. The first-order valence-corrected chi connectivity index (χ1v) is 13.4. The van der Waals surface area contributed by atoms with Crippen molar-refractivity contribution in [2.24, 2.45) is 0 Å². The van der Waals surface area contributed by atoms with Gasteiger partial charge in [0.2, 0.25) is 0 Å². The molecule has 1 N–H and O–H groups in total. The predicted molar refractivity (Wildman–Crippen MR) is 154 cm³/mol. The molecule has 0 saturated heterocycles. The molecule has 0 fully saturated rings. The van der Waals surface area contributed by atoms with E-state index in [0.29, 0.717) is 49.5 Å². The monoisotopic (exact) mass is 535 g/mol. The number of hydrogen-bond acceptors (Lipinski definition) is 5. The number of carbonyl (C=O) groups excluding carboxylic acids is 2. The van der Waals surface area contributed by atoms with Crippen LogP contribution in [0.2, 0.25) is 0 Å². The van der Waals surface area contributed by atoms with Crippen molar-refractivity contribution in [2.75, 3.05) is 13.7 Å². The summed E-state index contributed by atoms with van der Waals surface area (Å²) in [6.45, 7) is 2.84. The summed E-state index contributed by atoms with van der Waals surface area (Å²) >= 11 is 0. The summed E-state index contributed by atoms with van der Waals surface area (Å²) in [4.78, 5) is 26.5. The van der Waals surface area contributed by atoms with Crippen LogP contribution in [0.15, 0.2) is 97.1 Å². The maximum absolute atomic E-state index is 13.5. The maximum atomic E-state index is 13.5. The second-order valence-corrected chi connectivity index (χ2v) is 10.2. The number of ether oxygens (including phenoxy) is 3. The summed E-state index contributed by atoms with van der Waals surface area (Å²) in [5, 5.41) is 2.99. The van der Waals surface area contributed by atoms with Crippen LogP contribution in [0.3, 0.4) is 0 Å². The first kappa shape index (κ1) is 27.0. The van der Waals surface area contributed by atoms with Gasteiger partial charge < -0.3 is 19.5 Å². The summed E-state index contributed by atoms with van der Waals surface area (Å²) in [7, 11) is 1.35. The van der Waals surface area contributed by atoms with Crippen molar-refractivity contribution in [2.45, 2.75) is 38.3 Å². The van der Waals surface area contributed by atoms with Crippen LogP contribution in [0.25, 0.3) is 0 Å². The predicted octanol–water partition coefficient (Wildman–Crippen LogP) is 5.64. The van der Waals surface area contributed by atoms with Crippen LogP contribution < -0.4 is 14.8 Å². The number of aryl methyl sites for hydroxylation is 1. The number of benzene rings is 4. The number of rotatable bonds is 10. The number of amides is 1. The molecule has 0 spiro atoms. The lowest BCUT2D eigenvalue weighted by Gasteiger charge is -2.27. The van der Waals surface area contributed by atoms with Gasteiger partial charge in [-0.05, 0) is 47.4 Å². The highest BCUT2D eigenvalue weighted by atomic mass is 16.5. The maximum Gasteiger partial charge on any atom is 0.332 e. The van der Waals surface area contributed by atoms with Gasteiger partial charge >= 0.3 is 5.97 Å². The number of methoxy groups -OCH3 is 1. The van der Waals surface area contributed by atoms with E-state index in [1.54, 1.807) is 18.2 Å². The average Bonchev–Trinajstić information content (AvgIpc) is 3.36. The number of fused-ring (bicyclic) bond motifs is 1. The normalized spacial score (nSPS) is 13.2. The van der Waals surface area contributed by atoms with Crippen molar-refractivity contribution in [3.63, 3.8) is 0 Å². The largest absolute Gasteiger partial charge is 0.489 e. The minimum absolute atomic E-state index is 0.365.